The van der Waals surface area contributed by atoms with Crippen molar-refractivity contribution >= 4 is 23.6 Å². The highest BCUT2D eigenvalue weighted by Crippen LogP contribution is 2.22. The third-order valence-corrected chi connectivity index (χ3v) is 4.28. The predicted molar refractivity (Wildman–Crippen MR) is 96.5 cm³/mol. The van der Waals surface area contributed by atoms with Crippen molar-refractivity contribution in [1.82, 2.24) is 0 Å². The van der Waals surface area contributed by atoms with Gasteiger partial charge in [-0.05, 0) is 48.0 Å². The number of carbonyl (C=O) groups excluding carboxylic acids is 1. The van der Waals surface area contributed by atoms with E-state index in [4.69, 9.17) is 9.47 Å². The zero-order valence-electron chi connectivity index (χ0n) is 14.0. The molecule has 2 aliphatic heterocycles. The van der Waals surface area contributed by atoms with E-state index in [2.05, 4.69) is 9.89 Å². The van der Waals surface area contributed by atoms with Gasteiger partial charge in [-0.15, -0.1) is 0 Å². The molecule has 0 N–H and O–H groups in total. The van der Waals surface area contributed by atoms with Crippen molar-refractivity contribution in [1.29, 1.82) is 0 Å². The number of hydrogen-bond donors (Lipinski definition) is 0. The number of nitrogens with zero attached hydrogens (tertiary/aromatic N) is 2. The summed E-state index contributed by atoms with van der Waals surface area (Å²) in [6.45, 7) is 3.22. The van der Waals surface area contributed by atoms with Gasteiger partial charge >= 0.3 is 5.97 Å². The van der Waals surface area contributed by atoms with E-state index in [0.717, 1.165) is 37.6 Å². The molecule has 132 valence electrons. The number of morpholine rings is 1. The highest BCUT2D eigenvalue weighted by atomic mass is 19.1. The molecular formula is C20H17FN2O3. The first-order valence-electron chi connectivity index (χ1n) is 8.40. The number of benzene rings is 2. The standard InChI is InChI=1S/C20H17FN2O3/c21-16-5-3-15(4-6-16)19-22-18(20(24)26-19)13-14-1-7-17(8-2-14)23-9-11-25-12-10-23/h1-8,13H,9-12H2/b18-13+. The number of cyclic esters (lactones) is 1. The molecule has 5 nitrogen and oxygen atoms in total. The van der Waals surface area contributed by atoms with E-state index in [-0.39, 0.29) is 17.4 Å². The van der Waals surface area contributed by atoms with Crippen molar-refractivity contribution in [2.75, 3.05) is 31.2 Å². The predicted octanol–water partition coefficient (Wildman–Crippen LogP) is 3.01. The second-order valence-corrected chi connectivity index (χ2v) is 6.03. The van der Waals surface area contributed by atoms with Crippen molar-refractivity contribution in [2.45, 2.75) is 0 Å². The first-order chi connectivity index (χ1) is 12.7. The fourth-order valence-corrected chi connectivity index (χ4v) is 2.89. The third kappa shape index (κ3) is 3.50. The third-order valence-electron chi connectivity index (χ3n) is 4.28. The SMILES string of the molecule is O=C1OC(c2ccc(F)cc2)=N/C1=C/c1ccc(N2CCOCC2)cc1. The molecule has 0 unspecified atom stereocenters. The number of hydrogen-bond acceptors (Lipinski definition) is 5. The molecule has 0 saturated carbocycles. The number of anilines is 1. The molecule has 6 heteroatoms. The molecule has 2 aliphatic rings. The number of esters is 1. The Morgan fingerprint density at radius 3 is 2.38 bits per heavy atom. The van der Waals surface area contributed by atoms with Gasteiger partial charge in [-0.2, -0.15) is 0 Å². The summed E-state index contributed by atoms with van der Waals surface area (Å²) in [5, 5.41) is 0. The molecule has 0 radical (unpaired) electrons. The van der Waals surface area contributed by atoms with Crippen LogP contribution in [-0.2, 0) is 14.3 Å². The molecule has 1 fully saturated rings. The summed E-state index contributed by atoms with van der Waals surface area (Å²) in [6, 6.07) is 13.6. The fourth-order valence-electron chi connectivity index (χ4n) is 2.89. The summed E-state index contributed by atoms with van der Waals surface area (Å²) in [5.74, 6) is -0.678. The zero-order valence-corrected chi connectivity index (χ0v) is 14.0. The molecule has 4 rings (SSSR count). The maximum atomic E-state index is 13.0. The van der Waals surface area contributed by atoms with Gasteiger partial charge in [0.25, 0.3) is 0 Å². The molecule has 0 aromatic heterocycles. The Morgan fingerprint density at radius 2 is 1.69 bits per heavy atom. The maximum Gasteiger partial charge on any atom is 0.363 e. The molecular weight excluding hydrogens is 335 g/mol. The van der Waals surface area contributed by atoms with Crippen molar-refractivity contribution in [3.63, 3.8) is 0 Å². The van der Waals surface area contributed by atoms with Gasteiger partial charge < -0.3 is 14.4 Å². The van der Waals surface area contributed by atoms with Gasteiger partial charge in [0.05, 0.1) is 13.2 Å². The number of carbonyl (C=O) groups is 1. The first kappa shape index (κ1) is 16.5. The number of ether oxygens (including phenoxy) is 2. The molecule has 0 amide bonds. The summed E-state index contributed by atoms with van der Waals surface area (Å²) < 4.78 is 23.6. The summed E-state index contributed by atoms with van der Waals surface area (Å²) in [6.07, 6.45) is 1.68. The average Bonchev–Trinajstić information content (AvgIpc) is 3.04. The Bertz CT molecular complexity index is 867. The number of halogens is 1. The Hall–Kier alpha value is -2.99. The number of aliphatic imine (C=N–C) groups is 1. The van der Waals surface area contributed by atoms with Crippen LogP contribution in [0, 0.1) is 5.82 Å². The van der Waals surface area contributed by atoms with Crippen molar-refractivity contribution in [3.05, 3.63) is 71.2 Å². The van der Waals surface area contributed by atoms with Crippen molar-refractivity contribution in [3.8, 4) is 0 Å². The molecule has 0 aliphatic carbocycles. The molecule has 2 aromatic carbocycles. The van der Waals surface area contributed by atoms with Crippen LogP contribution in [0.5, 0.6) is 0 Å². The van der Waals surface area contributed by atoms with Gasteiger partial charge in [-0.1, -0.05) is 12.1 Å². The lowest BCUT2D eigenvalue weighted by Crippen LogP contribution is -2.36. The molecule has 2 heterocycles. The summed E-state index contributed by atoms with van der Waals surface area (Å²) in [5.41, 5.74) is 2.77. The summed E-state index contributed by atoms with van der Waals surface area (Å²) in [4.78, 5) is 18.5. The summed E-state index contributed by atoms with van der Waals surface area (Å²) >= 11 is 0. The van der Waals surface area contributed by atoms with Crippen LogP contribution in [0.3, 0.4) is 0 Å². The van der Waals surface area contributed by atoms with E-state index in [9.17, 15) is 9.18 Å². The lowest BCUT2D eigenvalue weighted by molar-refractivity contribution is -0.129. The van der Waals surface area contributed by atoms with Crippen LogP contribution < -0.4 is 4.90 Å². The lowest BCUT2D eigenvalue weighted by Gasteiger charge is -2.28. The highest BCUT2D eigenvalue weighted by molar-refractivity contribution is 6.12. The van der Waals surface area contributed by atoms with E-state index >= 15 is 0 Å². The van der Waals surface area contributed by atoms with Crippen LogP contribution in [0.15, 0.2) is 59.2 Å². The van der Waals surface area contributed by atoms with Crippen LogP contribution in [0.2, 0.25) is 0 Å². The maximum absolute atomic E-state index is 13.0. The minimum Gasteiger partial charge on any atom is -0.402 e. The van der Waals surface area contributed by atoms with Crippen molar-refractivity contribution in [2.24, 2.45) is 4.99 Å². The Labute approximate surface area is 150 Å². The lowest BCUT2D eigenvalue weighted by atomic mass is 10.1. The molecule has 0 spiro atoms. The van der Waals surface area contributed by atoms with Crippen LogP contribution in [0.4, 0.5) is 10.1 Å². The van der Waals surface area contributed by atoms with E-state index in [1.807, 2.05) is 24.3 Å². The van der Waals surface area contributed by atoms with Gasteiger partial charge in [0.15, 0.2) is 5.70 Å². The van der Waals surface area contributed by atoms with Gasteiger partial charge in [0, 0.05) is 24.3 Å². The van der Waals surface area contributed by atoms with E-state index < -0.39 is 5.97 Å². The van der Waals surface area contributed by atoms with E-state index in [1.165, 1.54) is 24.3 Å². The molecule has 26 heavy (non-hydrogen) atoms. The van der Waals surface area contributed by atoms with Crippen LogP contribution >= 0.6 is 0 Å². The molecule has 1 saturated heterocycles. The zero-order chi connectivity index (χ0) is 17.9. The summed E-state index contributed by atoms with van der Waals surface area (Å²) in [7, 11) is 0. The molecule has 2 aromatic rings. The fraction of sp³-hybridized carbons (Fsp3) is 0.200. The van der Waals surface area contributed by atoms with Crippen LogP contribution in [0.25, 0.3) is 6.08 Å². The Kier molecular flexibility index (Phi) is 4.50. The van der Waals surface area contributed by atoms with Gasteiger partial charge in [0.2, 0.25) is 5.90 Å². The van der Waals surface area contributed by atoms with Gasteiger partial charge in [0.1, 0.15) is 5.82 Å². The first-order valence-corrected chi connectivity index (χ1v) is 8.40. The highest BCUT2D eigenvalue weighted by Gasteiger charge is 2.24. The second kappa shape index (κ2) is 7.09. The van der Waals surface area contributed by atoms with Crippen molar-refractivity contribution < 1.29 is 18.7 Å². The van der Waals surface area contributed by atoms with Crippen LogP contribution in [-0.4, -0.2) is 38.2 Å². The minimum absolute atomic E-state index is 0.186. The largest absolute Gasteiger partial charge is 0.402 e. The Balaban J connectivity index is 1.53. The van der Waals surface area contributed by atoms with Gasteiger partial charge in [-0.3, -0.25) is 0 Å². The van der Waals surface area contributed by atoms with E-state index in [0.29, 0.717) is 5.56 Å². The number of rotatable bonds is 3. The van der Waals surface area contributed by atoms with Gasteiger partial charge in [-0.25, -0.2) is 14.2 Å². The monoisotopic (exact) mass is 352 g/mol. The average molecular weight is 352 g/mol. The second-order valence-electron chi connectivity index (χ2n) is 6.03. The topological polar surface area (TPSA) is 51.1 Å². The minimum atomic E-state index is -0.512. The van der Waals surface area contributed by atoms with Crippen LogP contribution in [0.1, 0.15) is 11.1 Å². The normalized spacial score (nSPS) is 18.8. The molecule has 0 bridgehead atoms. The Morgan fingerprint density at radius 1 is 1.00 bits per heavy atom. The smallest absolute Gasteiger partial charge is 0.363 e. The molecule has 0 atom stereocenters. The van der Waals surface area contributed by atoms with E-state index in [1.54, 1.807) is 6.08 Å². The quantitative estimate of drug-likeness (QED) is 0.629.